The third-order valence-corrected chi connectivity index (χ3v) is 5.59. The summed E-state index contributed by atoms with van der Waals surface area (Å²) >= 11 is 1.39. The molecule has 0 spiro atoms. The molecule has 1 amide bonds. The molecule has 1 N–H and O–H groups in total. The lowest BCUT2D eigenvalue weighted by Gasteiger charge is -2.11. The zero-order valence-electron chi connectivity index (χ0n) is 15.4. The van der Waals surface area contributed by atoms with Crippen LogP contribution in [0.4, 0.5) is 5.69 Å². The molecule has 2 aromatic carbocycles. The van der Waals surface area contributed by atoms with E-state index in [1.165, 1.54) is 11.8 Å². The number of rotatable bonds is 6. The molecule has 0 bridgehead atoms. The van der Waals surface area contributed by atoms with Crippen LogP contribution in [0.2, 0.25) is 0 Å². The van der Waals surface area contributed by atoms with Crippen LogP contribution in [-0.4, -0.2) is 29.5 Å². The number of aryl methyl sites for hydroxylation is 1. The highest BCUT2D eigenvalue weighted by Crippen LogP contribution is 2.32. The summed E-state index contributed by atoms with van der Waals surface area (Å²) in [6, 6.07) is 12.9. The fraction of sp³-hybridized carbons (Fsp3) is 0.286. The lowest BCUT2D eigenvalue weighted by molar-refractivity contribution is -0.141. The summed E-state index contributed by atoms with van der Waals surface area (Å²) in [7, 11) is 0. The van der Waals surface area contributed by atoms with Crippen molar-refractivity contribution in [3.63, 3.8) is 0 Å². The monoisotopic (exact) mass is 383 g/mol. The van der Waals surface area contributed by atoms with Crippen molar-refractivity contribution in [1.82, 2.24) is 0 Å². The summed E-state index contributed by atoms with van der Waals surface area (Å²) in [5.74, 6) is -1.09. The van der Waals surface area contributed by atoms with E-state index >= 15 is 0 Å². The summed E-state index contributed by atoms with van der Waals surface area (Å²) < 4.78 is 5.19. The normalized spacial score (nSPS) is 16.4. The second kappa shape index (κ2) is 7.96. The minimum atomic E-state index is -0.430. The first-order valence-corrected chi connectivity index (χ1v) is 9.61. The van der Waals surface area contributed by atoms with Crippen molar-refractivity contribution in [3.05, 3.63) is 59.2 Å². The van der Waals surface area contributed by atoms with Crippen LogP contribution in [0.5, 0.6) is 0 Å². The van der Waals surface area contributed by atoms with Gasteiger partial charge < -0.3 is 10.1 Å². The van der Waals surface area contributed by atoms with Gasteiger partial charge in [-0.15, -0.1) is 11.8 Å². The standard InChI is InChI=1S/C21H21NO4S/c1-12-4-7-16(8-5-12)27-14(3)21(25)26-11-19(23)15-6-9-18-17(10-15)13(2)20(24)22-18/h4-10,13-14H,11H2,1-3H3,(H,22,24)/t13-,14-/m0/s1. The molecule has 0 radical (unpaired) electrons. The van der Waals surface area contributed by atoms with Crippen molar-refractivity contribution in [2.75, 3.05) is 11.9 Å². The molecule has 2 atom stereocenters. The molecule has 0 fully saturated rings. The minimum Gasteiger partial charge on any atom is -0.456 e. The Labute approximate surface area is 162 Å². The van der Waals surface area contributed by atoms with Gasteiger partial charge in [-0.05, 0) is 56.7 Å². The van der Waals surface area contributed by atoms with Gasteiger partial charge in [-0.3, -0.25) is 14.4 Å². The number of carbonyl (C=O) groups is 3. The van der Waals surface area contributed by atoms with Crippen molar-refractivity contribution >= 4 is 35.1 Å². The van der Waals surface area contributed by atoms with Crippen LogP contribution in [-0.2, 0) is 14.3 Å². The quantitative estimate of drug-likeness (QED) is 0.464. The maximum Gasteiger partial charge on any atom is 0.319 e. The fourth-order valence-corrected chi connectivity index (χ4v) is 3.66. The zero-order valence-corrected chi connectivity index (χ0v) is 16.3. The molecule has 3 rings (SSSR count). The van der Waals surface area contributed by atoms with Gasteiger partial charge in [0, 0.05) is 16.1 Å². The van der Waals surface area contributed by atoms with Gasteiger partial charge in [0.25, 0.3) is 0 Å². The Hall–Kier alpha value is -2.60. The van der Waals surface area contributed by atoms with E-state index in [1.54, 1.807) is 32.0 Å². The topological polar surface area (TPSA) is 72.5 Å². The highest BCUT2D eigenvalue weighted by Gasteiger charge is 2.27. The lowest BCUT2D eigenvalue weighted by Crippen LogP contribution is -2.21. The number of nitrogens with one attached hydrogen (secondary N) is 1. The summed E-state index contributed by atoms with van der Waals surface area (Å²) in [5, 5.41) is 2.35. The number of carbonyl (C=O) groups excluding carboxylic acids is 3. The van der Waals surface area contributed by atoms with Crippen LogP contribution in [0.15, 0.2) is 47.4 Å². The molecule has 2 aromatic rings. The predicted octanol–water partition coefficient (Wildman–Crippen LogP) is 3.96. The largest absolute Gasteiger partial charge is 0.456 e. The average molecular weight is 383 g/mol. The maximum absolute atomic E-state index is 12.4. The van der Waals surface area contributed by atoms with Gasteiger partial charge in [0.05, 0.1) is 5.92 Å². The van der Waals surface area contributed by atoms with E-state index in [-0.39, 0.29) is 24.2 Å². The number of thioether (sulfide) groups is 1. The van der Waals surface area contributed by atoms with E-state index in [0.717, 1.165) is 21.7 Å². The van der Waals surface area contributed by atoms with Crippen molar-refractivity contribution in [1.29, 1.82) is 0 Å². The van der Waals surface area contributed by atoms with E-state index in [1.807, 2.05) is 31.2 Å². The fourth-order valence-electron chi connectivity index (χ4n) is 2.80. The van der Waals surface area contributed by atoms with Gasteiger partial charge >= 0.3 is 5.97 Å². The van der Waals surface area contributed by atoms with Crippen LogP contribution in [0.3, 0.4) is 0 Å². The third-order valence-electron chi connectivity index (χ3n) is 4.50. The SMILES string of the molecule is Cc1ccc(S[C@@H](C)C(=O)OCC(=O)c2ccc3c(c2)[C@H](C)C(=O)N3)cc1. The molecule has 0 saturated heterocycles. The molecule has 0 aromatic heterocycles. The Balaban J connectivity index is 1.56. The van der Waals surface area contributed by atoms with Gasteiger partial charge in [0.1, 0.15) is 5.25 Å². The van der Waals surface area contributed by atoms with Gasteiger partial charge in [-0.25, -0.2) is 0 Å². The van der Waals surface area contributed by atoms with Crippen molar-refractivity contribution < 1.29 is 19.1 Å². The summed E-state index contributed by atoms with van der Waals surface area (Å²) in [5.41, 5.74) is 3.11. The highest BCUT2D eigenvalue weighted by atomic mass is 32.2. The molecule has 0 aliphatic carbocycles. The first-order valence-electron chi connectivity index (χ1n) is 8.73. The van der Waals surface area contributed by atoms with Crippen molar-refractivity contribution in [2.45, 2.75) is 36.8 Å². The van der Waals surface area contributed by atoms with E-state index in [0.29, 0.717) is 5.56 Å². The van der Waals surface area contributed by atoms with Gasteiger partial charge in [-0.2, -0.15) is 0 Å². The van der Waals surface area contributed by atoms with Gasteiger partial charge in [0.15, 0.2) is 12.4 Å². The molecule has 0 saturated carbocycles. The first-order chi connectivity index (χ1) is 12.8. The molecule has 1 heterocycles. The number of amides is 1. The molecule has 1 aliphatic rings. The summed E-state index contributed by atoms with van der Waals surface area (Å²) in [6.07, 6.45) is 0. The molecular formula is C21H21NO4S. The Morgan fingerprint density at radius 1 is 1.19 bits per heavy atom. The molecular weight excluding hydrogens is 362 g/mol. The highest BCUT2D eigenvalue weighted by molar-refractivity contribution is 8.00. The maximum atomic E-state index is 12.4. The lowest BCUT2D eigenvalue weighted by atomic mass is 9.99. The van der Waals surface area contributed by atoms with Crippen LogP contribution >= 0.6 is 11.8 Å². The number of ketones is 1. The molecule has 6 heteroatoms. The van der Waals surface area contributed by atoms with Gasteiger partial charge in [0.2, 0.25) is 5.91 Å². The van der Waals surface area contributed by atoms with Crippen LogP contribution in [0.25, 0.3) is 0 Å². The van der Waals surface area contributed by atoms with Crippen LogP contribution in [0, 0.1) is 6.92 Å². The number of benzene rings is 2. The number of hydrogen-bond donors (Lipinski definition) is 1. The smallest absolute Gasteiger partial charge is 0.319 e. The second-order valence-electron chi connectivity index (χ2n) is 6.62. The van der Waals surface area contributed by atoms with E-state index in [9.17, 15) is 14.4 Å². The zero-order chi connectivity index (χ0) is 19.6. The third kappa shape index (κ3) is 4.39. The number of esters is 1. The average Bonchev–Trinajstić information content (AvgIpc) is 2.94. The van der Waals surface area contributed by atoms with Crippen molar-refractivity contribution in [2.24, 2.45) is 0 Å². The number of hydrogen-bond acceptors (Lipinski definition) is 5. The Bertz CT molecular complexity index is 892. The summed E-state index contributed by atoms with van der Waals surface area (Å²) in [6.45, 7) is 5.24. The molecule has 140 valence electrons. The molecule has 0 unspecified atom stereocenters. The Morgan fingerprint density at radius 3 is 2.59 bits per heavy atom. The minimum absolute atomic E-state index is 0.0806. The number of ether oxygens (including phenoxy) is 1. The van der Waals surface area contributed by atoms with Crippen LogP contribution < -0.4 is 5.32 Å². The number of fused-ring (bicyclic) bond motifs is 1. The number of anilines is 1. The van der Waals surface area contributed by atoms with E-state index < -0.39 is 11.2 Å². The first kappa shape index (κ1) is 19.2. The Kier molecular flexibility index (Phi) is 5.65. The van der Waals surface area contributed by atoms with E-state index in [4.69, 9.17) is 4.74 Å². The Morgan fingerprint density at radius 2 is 1.89 bits per heavy atom. The number of Topliss-reactive ketones (excluding diaryl/α,β-unsaturated/α-hetero) is 1. The van der Waals surface area contributed by atoms with Gasteiger partial charge in [-0.1, -0.05) is 17.7 Å². The van der Waals surface area contributed by atoms with Crippen LogP contribution in [0.1, 0.15) is 41.3 Å². The molecule has 1 aliphatic heterocycles. The summed E-state index contributed by atoms with van der Waals surface area (Å²) in [4.78, 5) is 37.2. The van der Waals surface area contributed by atoms with E-state index in [2.05, 4.69) is 5.32 Å². The molecule has 27 heavy (non-hydrogen) atoms. The van der Waals surface area contributed by atoms with Crippen molar-refractivity contribution in [3.8, 4) is 0 Å². The second-order valence-corrected chi connectivity index (χ2v) is 8.03. The predicted molar refractivity (Wildman–Crippen MR) is 105 cm³/mol. The molecule has 5 nitrogen and oxygen atoms in total.